The average molecular weight is 629 g/mol. The summed E-state index contributed by atoms with van der Waals surface area (Å²) in [6.07, 6.45) is 6.69. The van der Waals surface area contributed by atoms with E-state index in [1.807, 2.05) is 52.9 Å². The van der Waals surface area contributed by atoms with Crippen molar-refractivity contribution in [3.05, 3.63) is 41.7 Å². The number of hydrogen-bond acceptors (Lipinski definition) is 6. The summed E-state index contributed by atoms with van der Waals surface area (Å²) in [5.41, 5.74) is 2.03. The lowest BCUT2D eigenvalue weighted by Crippen LogP contribution is -2.52. The second-order valence-electron chi connectivity index (χ2n) is 15.0. The molecule has 0 amide bonds. The van der Waals surface area contributed by atoms with E-state index in [-0.39, 0.29) is 35.0 Å². The molecule has 0 aliphatic rings. The van der Waals surface area contributed by atoms with E-state index in [9.17, 15) is 14.7 Å². The molecule has 2 aromatic rings. The molecular weight excluding hydrogens is 568 g/mol. The molecule has 5 atom stereocenters. The first-order valence-corrected chi connectivity index (χ1v) is 19.2. The third kappa shape index (κ3) is 9.36. The van der Waals surface area contributed by atoms with Crippen LogP contribution in [0, 0.1) is 30.1 Å². The Kier molecular flexibility index (Phi) is 13.2. The summed E-state index contributed by atoms with van der Waals surface area (Å²) in [5, 5.41) is 10.7. The maximum absolute atomic E-state index is 14.0. The van der Waals surface area contributed by atoms with Crippen molar-refractivity contribution in [3.63, 3.8) is 0 Å². The minimum Gasteiger partial charge on any atom is -0.469 e. The van der Waals surface area contributed by atoms with Crippen molar-refractivity contribution in [2.45, 2.75) is 125 Å². The number of rotatable bonds is 16. The van der Waals surface area contributed by atoms with Gasteiger partial charge in [0.2, 0.25) is 0 Å². The smallest absolute Gasteiger partial charge is 0.308 e. The Morgan fingerprint density at radius 2 is 1.73 bits per heavy atom. The third-order valence-corrected chi connectivity index (χ3v) is 14.9. The number of esters is 1. The predicted octanol–water partition coefficient (Wildman–Crippen LogP) is 8.49. The topological polar surface area (TPSA) is 90.7 Å². The molecule has 2 rings (SSSR count). The monoisotopic (exact) mass is 628 g/mol. The molecule has 248 valence electrons. The minimum atomic E-state index is -2.24. The van der Waals surface area contributed by atoms with Gasteiger partial charge in [-0.3, -0.25) is 9.59 Å². The molecule has 1 aromatic heterocycles. The Balaban J connectivity index is 1.94. The largest absolute Gasteiger partial charge is 0.469 e. The lowest BCUT2D eigenvalue weighted by Gasteiger charge is -2.44. The molecule has 0 saturated carbocycles. The van der Waals surface area contributed by atoms with Gasteiger partial charge < -0.3 is 18.8 Å². The number of aliphatic hydroxyl groups is 1. The van der Waals surface area contributed by atoms with Gasteiger partial charge >= 0.3 is 5.97 Å². The van der Waals surface area contributed by atoms with Crippen molar-refractivity contribution in [1.29, 1.82) is 0 Å². The van der Waals surface area contributed by atoms with Crippen molar-refractivity contribution >= 4 is 31.1 Å². The molecule has 3 unspecified atom stereocenters. The lowest BCUT2D eigenvalue weighted by atomic mass is 9.70. The summed E-state index contributed by atoms with van der Waals surface area (Å²) < 4.78 is 13.8. The summed E-state index contributed by atoms with van der Waals surface area (Å²) >= 11 is 0. The van der Waals surface area contributed by atoms with Crippen LogP contribution < -0.4 is 0 Å². The summed E-state index contributed by atoms with van der Waals surface area (Å²) in [5.74, 6) is 1.11. The van der Waals surface area contributed by atoms with Gasteiger partial charge in [-0.25, -0.2) is 4.98 Å². The van der Waals surface area contributed by atoms with E-state index in [4.69, 9.17) is 9.16 Å². The number of ether oxygens (including phenoxy) is 1. The van der Waals surface area contributed by atoms with Crippen molar-refractivity contribution in [2.75, 3.05) is 7.11 Å². The average Bonchev–Trinajstić information content (AvgIpc) is 3.24. The van der Waals surface area contributed by atoms with E-state index in [2.05, 4.69) is 69.4 Å². The van der Waals surface area contributed by atoms with Crippen LogP contribution in [0.1, 0.15) is 105 Å². The number of ketones is 1. The molecule has 0 aliphatic carbocycles. The van der Waals surface area contributed by atoms with Crippen molar-refractivity contribution in [1.82, 2.24) is 9.55 Å². The van der Waals surface area contributed by atoms with E-state index >= 15 is 0 Å². The number of nitrogens with zero attached hydrogens (tertiary/aromatic N) is 2. The quantitative estimate of drug-likeness (QED) is 0.0868. The summed E-state index contributed by atoms with van der Waals surface area (Å²) in [4.78, 5) is 30.9. The Hall–Kier alpha value is -2.29. The second kappa shape index (κ2) is 15.3. The van der Waals surface area contributed by atoms with Crippen molar-refractivity contribution in [3.8, 4) is 0 Å². The van der Waals surface area contributed by atoms with Gasteiger partial charge in [-0.2, -0.15) is 0 Å². The van der Waals surface area contributed by atoms with Gasteiger partial charge in [0.15, 0.2) is 8.32 Å². The van der Waals surface area contributed by atoms with Crippen LogP contribution >= 0.6 is 0 Å². The summed E-state index contributed by atoms with van der Waals surface area (Å²) in [6.45, 7) is 23.1. The number of aryl methyl sites for hydroxylation is 2. The number of carbonyl (C=O) groups excluding carboxylic acids is 2. The highest BCUT2D eigenvalue weighted by molar-refractivity contribution is 6.74. The number of aliphatic hydroxyl groups excluding tert-OH is 1. The third-order valence-electron chi connectivity index (χ3n) is 10.4. The number of benzene rings is 1. The fourth-order valence-electron chi connectivity index (χ4n) is 5.53. The molecule has 0 radical (unpaired) electrons. The van der Waals surface area contributed by atoms with Crippen LogP contribution in [0.15, 0.2) is 30.4 Å². The van der Waals surface area contributed by atoms with E-state index in [0.717, 1.165) is 41.7 Å². The molecule has 1 N–H and O–H groups in total. The Bertz CT molecular complexity index is 1290. The number of carbonyl (C=O) groups is 2. The first-order valence-electron chi connectivity index (χ1n) is 16.3. The zero-order chi connectivity index (χ0) is 33.6. The molecule has 1 aromatic carbocycles. The molecule has 0 aliphatic heterocycles. The van der Waals surface area contributed by atoms with Gasteiger partial charge in [-0.05, 0) is 73.9 Å². The lowest BCUT2D eigenvalue weighted by molar-refractivity contribution is -0.147. The molecule has 8 heteroatoms. The number of hydrogen-bond donors (Lipinski definition) is 1. The number of methoxy groups -OCH3 is 1. The highest BCUT2D eigenvalue weighted by Crippen LogP contribution is 2.42. The predicted molar refractivity (Wildman–Crippen MR) is 183 cm³/mol. The molecule has 44 heavy (non-hydrogen) atoms. The molecule has 7 nitrogen and oxygen atoms in total. The van der Waals surface area contributed by atoms with Crippen molar-refractivity contribution in [2.24, 2.45) is 30.2 Å². The highest BCUT2D eigenvalue weighted by Gasteiger charge is 2.47. The SMILES string of the molecule is COC(=O)C[C@H](O[Si](C)(C)C(C)(C)C)C(C)(C)C(=O)C(C)[C@@H](C)C(C)CCC/C=C/CC(O)c1ccc2c(c1)nc(C)n2C. The van der Waals surface area contributed by atoms with Crippen LogP contribution in [0.2, 0.25) is 18.1 Å². The maximum atomic E-state index is 14.0. The van der Waals surface area contributed by atoms with Gasteiger partial charge in [-0.1, -0.05) is 80.0 Å². The van der Waals surface area contributed by atoms with E-state index < -0.39 is 25.9 Å². The fourth-order valence-corrected chi connectivity index (χ4v) is 6.98. The number of allylic oxidation sites excluding steroid dienone is 1. The zero-order valence-electron chi connectivity index (χ0n) is 29.8. The van der Waals surface area contributed by atoms with Crippen LogP contribution in [-0.2, 0) is 25.8 Å². The van der Waals surface area contributed by atoms with Crippen LogP contribution in [0.5, 0.6) is 0 Å². The maximum Gasteiger partial charge on any atom is 0.308 e. The molecule has 0 spiro atoms. The number of imidazole rings is 1. The molecular formula is C36H60N2O5Si. The molecule has 0 fully saturated rings. The number of fused-ring (bicyclic) bond motifs is 1. The zero-order valence-corrected chi connectivity index (χ0v) is 30.8. The van der Waals surface area contributed by atoms with E-state index in [1.165, 1.54) is 7.11 Å². The number of unbranched alkanes of at least 4 members (excludes halogenated alkanes) is 1. The van der Waals surface area contributed by atoms with Crippen LogP contribution in [-0.4, -0.2) is 47.9 Å². The van der Waals surface area contributed by atoms with Gasteiger partial charge in [0, 0.05) is 18.4 Å². The Labute approximate surface area is 267 Å². The van der Waals surface area contributed by atoms with Gasteiger partial charge in [0.05, 0.1) is 36.8 Å². The first kappa shape index (κ1) is 37.9. The van der Waals surface area contributed by atoms with Crippen LogP contribution in [0.25, 0.3) is 11.0 Å². The van der Waals surface area contributed by atoms with Gasteiger partial charge in [-0.15, -0.1) is 0 Å². The first-order chi connectivity index (χ1) is 20.2. The minimum absolute atomic E-state index is 0.0480. The molecule has 1 heterocycles. The Morgan fingerprint density at radius 1 is 1.09 bits per heavy atom. The summed E-state index contributed by atoms with van der Waals surface area (Å²) in [7, 11) is 1.14. The number of Topliss-reactive ketones (excluding diaryl/α,β-unsaturated/α-hetero) is 1. The fraction of sp³-hybridized carbons (Fsp3) is 0.694. The Morgan fingerprint density at radius 3 is 2.32 bits per heavy atom. The van der Waals surface area contributed by atoms with Crippen LogP contribution in [0.3, 0.4) is 0 Å². The number of aromatic nitrogens is 2. The van der Waals surface area contributed by atoms with E-state index in [0.29, 0.717) is 12.3 Å². The van der Waals surface area contributed by atoms with Gasteiger partial charge in [0.25, 0.3) is 0 Å². The summed E-state index contributed by atoms with van der Waals surface area (Å²) in [6, 6.07) is 5.98. The second-order valence-corrected chi connectivity index (χ2v) is 19.7. The normalized spacial score (nSPS) is 16.6. The molecule has 0 bridgehead atoms. The van der Waals surface area contributed by atoms with Crippen LogP contribution in [0.4, 0.5) is 0 Å². The standard InChI is InChI=1S/C36H60N2O5Si/c1-24(18-16-14-15-17-19-31(39)28-20-21-30-29(22-28)37-27(4)38(30)10)25(2)26(3)34(41)36(8,9)32(23-33(40)42-11)43-44(12,13)35(5,6)7/h15,17,20-22,24-26,31-32,39H,14,16,18-19,23H2,1-13H3/b17-15+/t24?,25-,26?,31?,32-/m0/s1. The molecule has 0 saturated heterocycles. The van der Waals surface area contributed by atoms with Gasteiger partial charge in [0.1, 0.15) is 11.6 Å². The highest BCUT2D eigenvalue weighted by atomic mass is 28.4. The van der Waals surface area contributed by atoms with Crippen molar-refractivity contribution < 1.29 is 23.9 Å². The van der Waals surface area contributed by atoms with E-state index in [1.54, 1.807) is 0 Å².